The van der Waals surface area contributed by atoms with Crippen LogP contribution in [0.5, 0.6) is 0 Å². The minimum Gasteiger partial charge on any atom is -0.481 e. The van der Waals surface area contributed by atoms with E-state index in [0.717, 1.165) is 11.1 Å². The molecular formula is C13H17NO4S. The topological polar surface area (TPSA) is 83.5 Å². The molecule has 0 aliphatic carbocycles. The quantitative estimate of drug-likeness (QED) is 0.863. The van der Waals surface area contributed by atoms with Gasteiger partial charge in [0.05, 0.1) is 22.3 Å². The summed E-state index contributed by atoms with van der Waals surface area (Å²) in [5.74, 6) is -1.10. The molecule has 104 valence electrons. The molecule has 0 saturated heterocycles. The lowest BCUT2D eigenvalue weighted by atomic mass is 10.1. The second-order valence-corrected chi connectivity index (χ2v) is 7.13. The number of hydrogen-bond acceptors (Lipinski definition) is 4. The number of anilines is 1. The van der Waals surface area contributed by atoms with Crippen molar-refractivity contribution in [1.29, 1.82) is 0 Å². The third-order valence-corrected chi connectivity index (χ3v) is 6.03. The van der Waals surface area contributed by atoms with E-state index in [2.05, 4.69) is 5.32 Å². The van der Waals surface area contributed by atoms with E-state index >= 15 is 0 Å². The number of aliphatic carboxylic acids is 1. The molecule has 5 nitrogen and oxygen atoms in total. The number of rotatable bonds is 2. The zero-order chi connectivity index (χ0) is 14.4. The van der Waals surface area contributed by atoms with Crippen LogP contribution < -0.4 is 5.32 Å². The Hall–Kier alpha value is -1.56. The number of aryl methyl sites for hydroxylation is 1. The average Bonchev–Trinajstić information content (AvgIpc) is 2.30. The molecule has 0 amide bonds. The van der Waals surface area contributed by atoms with Crippen molar-refractivity contribution in [3.8, 4) is 0 Å². The number of nitrogens with one attached hydrogen (secondary N) is 1. The first-order chi connectivity index (χ1) is 8.75. The Kier molecular flexibility index (Phi) is 3.30. The third kappa shape index (κ3) is 2.20. The fraction of sp³-hybridized carbons (Fsp3) is 0.462. The molecular weight excluding hydrogens is 266 g/mol. The molecule has 2 N–H and O–H groups in total. The number of benzene rings is 1. The van der Waals surface area contributed by atoms with Crippen LogP contribution in [0, 0.1) is 13.8 Å². The molecule has 19 heavy (non-hydrogen) atoms. The molecule has 6 heteroatoms. The Morgan fingerprint density at radius 3 is 2.58 bits per heavy atom. The second-order valence-electron chi connectivity index (χ2n) is 4.99. The van der Waals surface area contributed by atoms with E-state index in [4.69, 9.17) is 5.11 Å². The van der Waals surface area contributed by atoms with Crippen LogP contribution in [-0.2, 0) is 14.6 Å². The van der Waals surface area contributed by atoms with Crippen LogP contribution in [0.3, 0.4) is 0 Å². The fourth-order valence-electron chi connectivity index (χ4n) is 2.42. The molecule has 0 bridgehead atoms. The number of carboxylic acids is 1. The summed E-state index contributed by atoms with van der Waals surface area (Å²) >= 11 is 0. The summed E-state index contributed by atoms with van der Waals surface area (Å²) < 4.78 is 25.0. The van der Waals surface area contributed by atoms with E-state index in [0.29, 0.717) is 5.69 Å². The first-order valence-electron chi connectivity index (χ1n) is 6.07. The summed E-state index contributed by atoms with van der Waals surface area (Å²) in [7, 11) is -3.61. The minimum atomic E-state index is -3.61. The molecule has 2 atom stereocenters. The maximum absolute atomic E-state index is 12.5. The summed E-state index contributed by atoms with van der Waals surface area (Å²) in [6.45, 7) is 5.48. The monoisotopic (exact) mass is 283 g/mol. The standard InChI is InChI=1S/C13H17NO4S/c1-7-4-5-10-13(8(7)2)14-9(3)11(6-12(15)16)19(10,17)18/h4-5,9,11,14H,6H2,1-3H3,(H,15,16). The molecule has 1 aliphatic heterocycles. The Balaban J connectivity index is 2.60. The van der Waals surface area contributed by atoms with Gasteiger partial charge in [0.15, 0.2) is 9.84 Å². The normalized spacial score (nSPS) is 24.4. The molecule has 0 radical (unpaired) electrons. The fourth-order valence-corrected chi connectivity index (χ4v) is 4.47. The summed E-state index contributed by atoms with van der Waals surface area (Å²) in [4.78, 5) is 11.0. The molecule has 0 spiro atoms. The molecule has 2 unspecified atom stereocenters. The van der Waals surface area contributed by atoms with Gasteiger partial charge >= 0.3 is 5.97 Å². The van der Waals surface area contributed by atoms with Gasteiger partial charge in [-0.05, 0) is 38.0 Å². The molecule has 0 aromatic heterocycles. The van der Waals surface area contributed by atoms with Crippen molar-refractivity contribution in [3.05, 3.63) is 23.3 Å². The first-order valence-corrected chi connectivity index (χ1v) is 7.62. The van der Waals surface area contributed by atoms with Gasteiger partial charge < -0.3 is 10.4 Å². The molecule has 1 heterocycles. The van der Waals surface area contributed by atoms with E-state index in [1.54, 1.807) is 19.1 Å². The van der Waals surface area contributed by atoms with Crippen LogP contribution in [0.2, 0.25) is 0 Å². The van der Waals surface area contributed by atoms with Gasteiger partial charge in [0, 0.05) is 6.04 Å². The largest absolute Gasteiger partial charge is 0.481 e. The van der Waals surface area contributed by atoms with Crippen molar-refractivity contribution in [1.82, 2.24) is 0 Å². The zero-order valence-corrected chi connectivity index (χ0v) is 11.9. The number of sulfone groups is 1. The Labute approximate surface area is 112 Å². The average molecular weight is 283 g/mol. The second kappa shape index (κ2) is 4.52. The highest BCUT2D eigenvalue weighted by molar-refractivity contribution is 7.92. The van der Waals surface area contributed by atoms with E-state index in [1.165, 1.54) is 0 Å². The van der Waals surface area contributed by atoms with Crippen molar-refractivity contribution in [3.63, 3.8) is 0 Å². The maximum Gasteiger partial charge on any atom is 0.304 e. The van der Waals surface area contributed by atoms with Crippen molar-refractivity contribution in [2.24, 2.45) is 0 Å². The van der Waals surface area contributed by atoms with E-state index in [1.807, 2.05) is 13.8 Å². The highest BCUT2D eigenvalue weighted by atomic mass is 32.2. The Morgan fingerprint density at radius 2 is 2.00 bits per heavy atom. The lowest BCUT2D eigenvalue weighted by molar-refractivity contribution is -0.137. The molecule has 1 aromatic carbocycles. The van der Waals surface area contributed by atoms with Gasteiger partial charge in [-0.3, -0.25) is 4.79 Å². The summed E-state index contributed by atoms with van der Waals surface area (Å²) in [6, 6.07) is 2.89. The molecule has 0 fully saturated rings. The van der Waals surface area contributed by atoms with Crippen LogP contribution >= 0.6 is 0 Å². The lowest BCUT2D eigenvalue weighted by Gasteiger charge is -2.32. The van der Waals surface area contributed by atoms with Crippen LogP contribution in [0.15, 0.2) is 17.0 Å². The van der Waals surface area contributed by atoms with Crippen molar-refractivity contribution in [2.75, 3.05) is 5.32 Å². The van der Waals surface area contributed by atoms with Crippen molar-refractivity contribution >= 4 is 21.5 Å². The van der Waals surface area contributed by atoms with Crippen molar-refractivity contribution < 1.29 is 18.3 Å². The van der Waals surface area contributed by atoms with Gasteiger partial charge in [-0.15, -0.1) is 0 Å². The molecule has 1 aromatic rings. The Bertz CT molecular complexity index is 636. The maximum atomic E-state index is 12.5. The summed E-state index contributed by atoms with van der Waals surface area (Å²) in [5, 5.41) is 11.1. The highest BCUT2D eigenvalue weighted by Gasteiger charge is 2.40. The van der Waals surface area contributed by atoms with Crippen LogP contribution in [0.4, 0.5) is 5.69 Å². The summed E-state index contributed by atoms with van der Waals surface area (Å²) in [5.41, 5.74) is 2.50. The van der Waals surface area contributed by atoms with Gasteiger partial charge in [0.25, 0.3) is 0 Å². The number of carbonyl (C=O) groups is 1. The summed E-state index contributed by atoms with van der Waals surface area (Å²) in [6.07, 6.45) is -0.386. The number of hydrogen-bond donors (Lipinski definition) is 2. The third-order valence-electron chi connectivity index (χ3n) is 3.71. The SMILES string of the molecule is Cc1ccc2c(c1C)NC(C)C(CC(=O)O)S2(=O)=O. The molecule has 2 rings (SSSR count). The molecule has 1 aliphatic rings. The highest BCUT2D eigenvalue weighted by Crippen LogP contribution is 2.37. The number of fused-ring (bicyclic) bond motifs is 1. The van der Waals surface area contributed by atoms with E-state index < -0.39 is 27.1 Å². The predicted octanol–water partition coefficient (Wildman–Crippen LogP) is 1.73. The van der Waals surface area contributed by atoms with Gasteiger partial charge in [0.1, 0.15) is 0 Å². The first kappa shape index (κ1) is 13.9. The lowest BCUT2D eigenvalue weighted by Crippen LogP contribution is -2.43. The van der Waals surface area contributed by atoms with Crippen LogP contribution in [0.25, 0.3) is 0 Å². The zero-order valence-electron chi connectivity index (χ0n) is 11.1. The van der Waals surface area contributed by atoms with E-state index in [9.17, 15) is 13.2 Å². The van der Waals surface area contributed by atoms with Crippen LogP contribution in [0.1, 0.15) is 24.5 Å². The predicted molar refractivity (Wildman–Crippen MR) is 72.2 cm³/mol. The van der Waals surface area contributed by atoms with Crippen LogP contribution in [-0.4, -0.2) is 30.8 Å². The minimum absolute atomic E-state index is 0.208. The van der Waals surface area contributed by atoms with E-state index in [-0.39, 0.29) is 11.3 Å². The number of carboxylic acid groups (broad SMARTS) is 1. The van der Waals surface area contributed by atoms with Crippen molar-refractivity contribution in [2.45, 2.75) is 43.4 Å². The smallest absolute Gasteiger partial charge is 0.304 e. The van der Waals surface area contributed by atoms with Gasteiger partial charge in [-0.2, -0.15) is 0 Å². The van der Waals surface area contributed by atoms with Gasteiger partial charge in [-0.1, -0.05) is 6.07 Å². The Morgan fingerprint density at radius 1 is 1.37 bits per heavy atom. The molecule has 0 saturated carbocycles. The van der Waals surface area contributed by atoms with Gasteiger partial charge in [-0.25, -0.2) is 8.42 Å². The van der Waals surface area contributed by atoms with Gasteiger partial charge in [0.2, 0.25) is 0 Å².